The average Bonchev–Trinajstić information content (AvgIpc) is 2.76. The highest BCUT2D eigenvalue weighted by Crippen LogP contribution is 2.24. The summed E-state index contributed by atoms with van der Waals surface area (Å²) in [5.74, 6) is 0.0822. The van der Waals surface area contributed by atoms with Crippen LogP contribution in [0.5, 0.6) is 5.75 Å². The number of nitrogens with zero attached hydrogens (tertiary/aromatic N) is 3. The first kappa shape index (κ1) is 25.2. The highest BCUT2D eigenvalue weighted by Gasteiger charge is 2.29. The number of nitrogens with one attached hydrogen (secondary N) is 1. The maximum absolute atomic E-state index is 12.6. The Labute approximate surface area is 190 Å². The molecular formula is C23H32N4O4S. The van der Waals surface area contributed by atoms with E-state index in [0.717, 1.165) is 34.9 Å². The summed E-state index contributed by atoms with van der Waals surface area (Å²) in [5, 5.41) is 3.99. The second-order valence-electron chi connectivity index (χ2n) is 7.16. The molecule has 0 saturated carbocycles. The van der Waals surface area contributed by atoms with Crippen LogP contribution in [0.3, 0.4) is 0 Å². The van der Waals surface area contributed by atoms with Crippen molar-refractivity contribution in [2.24, 2.45) is 5.10 Å². The number of hydrogen-bond donors (Lipinski definition) is 1. The van der Waals surface area contributed by atoms with Crippen molar-refractivity contribution in [3.8, 4) is 5.75 Å². The minimum absolute atomic E-state index is 0.370. The van der Waals surface area contributed by atoms with Crippen molar-refractivity contribution < 1.29 is 17.9 Å². The number of hydrogen-bond acceptors (Lipinski definition) is 6. The van der Waals surface area contributed by atoms with E-state index in [4.69, 9.17) is 4.74 Å². The van der Waals surface area contributed by atoms with Crippen LogP contribution in [0.4, 0.5) is 11.4 Å². The van der Waals surface area contributed by atoms with E-state index in [1.807, 2.05) is 31.2 Å². The predicted octanol–water partition coefficient (Wildman–Crippen LogP) is 3.24. The summed E-state index contributed by atoms with van der Waals surface area (Å²) in [6, 6.07) is 13.4. The number of sulfonamides is 1. The minimum Gasteiger partial charge on any atom is -0.494 e. The fourth-order valence-corrected chi connectivity index (χ4v) is 4.46. The quantitative estimate of drug-likeness (QED) is 0.411. The van der Waals surface area contributed by atoms with E-state index < -0.39 is 22.0 Å². The van der Waals surface area contributed by atoms with Crippen molar-refractivity contribution in [3.05, 3.63) is 54.1 Å². The van der Waals surface area contributed by atoms with Gasteiger partial charge in [0.05, 0.1) is 24.8 Å². The Morgan fingerprint density at radius 1 is 1.03 bits per heavy atom. The average molecular weight is 461 g/mol. The smallest absolute Gasteiger partial charge is 0.263 e. The minimum atomic E-state index is -3.71. The lowest BCUT2D eigenvalue weighted by molar-refractivity contribution is -0.121. The Hall–Kier alpha value is -3.07. The molecule has 9 heteroatoms. The Kier molecular flexibility index (Phi) is 9.07. The molecule has 1 amide bonds. The van der Waals surface area contributed by atoms with Gasteiger partial charge in [0.2, 0.25) is 10.0 Å². The number of hydrazone groups is 1. The van der Waals surface area contributed by atoms with Crippen molar-refractivity contribution in [1.82, 2.24) is 5.43 Å². The molecule has 0 fully saturated rings. The summed E-state index contributed by atoms with van der Waals surface area (Å²) < 4.78 is 31.2. The van der Waals surface area contributed by atoms with Gasteiger partial charge in [-0.15, -0.1) is 0 Å². The van der Waals surface area contributed by atoms with Gasteiger partial charge in [-0.2, -0.15) is 5.10 Å². The zero-order chi connectivity index (χ0) is 23.7. The summed E-state index contributed by atoms with van der Waals surface area (Å²) in [7, 11) is -3.71. The van der Waals surface area contributed by atoms with Gasteiger partial charge < -0.3 is 9.64 Å². The molecule has 0 heterocycles. The van der Waals surface area contributed by atoms with Crippen LogP contribution in [0, 0.1) is 0 Å². The Balaban J connectivity index is 2.09. The van der Waals surface area contributed by atoms with Gasteiger partial charge in [0.15, 0.2) is 0 Å². The van der Waals surface area contributed by atoms with Crippen LogP contribution in [0.1, 0.15) is 33.3 Å². The van der Waals surface area contributed by atoms with E-state index in [0.29, 0.717) is 18.0 Å². The molecule has 0 saturated heterocycles. The van der Waals surface area contributed by atoms with Gasteiger partial charge in [-0.1, -0.05) is 12.1 Å². The molecule has 0 unspecified atom stereocenters. The molecule has 1 atom stereocenters. The molecule has 2 aromatic carbocycles. The molecule has 0 bridgehead atoms. The molecule has 2 rings (SSSR count). The third kappa shape index (κ3) is 6.71. The molecule has 0 aliphatic rings. The van der Waals surface area contributed by atoms with Gasteiger partial charge in [-0.25, -0.2) is 13.8 Å². The SMILES string of the molecule is CCOc1ccc(N([C@H](C)C(=O)N/N=C\c2ccc(N(CC)CC)cc2)S(C)(=O)=O)cc1. The third-order valence-corrected chi connectivity index (χ3v) is 6.14. The number of rotatable bonds is 11. The van der Waals surface area contributed by atoms with Gasteiger partial charge in [-0.05, 0) is 69.7 Å². The topological polar surface area (TPSA) is 91.3 Å². The van der Waals surface area contributed by atoms with Gasteiger partial charge in [0.25, 0.3) is 5.91 Å². The highest BCUT2D eigenvalue weighted by molar-refractivity contribution is 7.92. The zero-order valence-corrected chi connectivity index (χ0v) is 20.1. The van der Waals surface area contributed by atoms with Crippen LogP contribution >= 0.6 is 0 Å². The monoisotopic (exact) mass is 460 g/mol. The summed E-state index contributed by atoms with van der Waals surface area (Å²) in [6.07, 6.45) is 2.59. The van der Waals surface area contributed by atoms with E-state index >= 15 is 0 Å². The normalized spacial score (nSPS) is 12.4. The fraction of sp³-hybridized carbons (Fsp3) is 0.391. The second kappa shape index (κ2) is 11.5. The summed E-state index contributed by atoms with van der Waals surface area (Å²) in [4.78, 5) is 14.9. The lowest BCUT2D eigenvalue weighted by Gasteiger charge is -2.27. The Bertz CT molecular complexity index is 1000. The van der Waals surface area contributed by atoms with Crippen LogP contribution in [0.25, 0.3) is 0 Å². The number of carbonyl (C=O) groups is 1. The van der Waals surface area contributed by atoms with Crippen molar-refractivity contribution in [2.75, 3.05) is 35.2 Å². The largest absolute Gasteiger partial charge is 0.494 e. The molecule has 0 aliphatic carbocycles. The standard InChI is InChI=1S/C23H32N4O4S/c1-6-26(7-2)20-11-9-19(10-12-20)17-24-25-23(28)18(4)27(32(5,29)30)21-13-15-22(16-14-21)31-8-3/h9-18H,6-8H2,1-5H3,(H,25,28)/b24-17-/t18-/m1/s1. The van der Waals surface area contributed by atoms with Crippen molar-refractivity contribution in [2.45, 2.75) is 33.7 Å². The van der Waals surface area contributed by atoms with Gasteiger partial charge in [0, 0.05) is 18.8 Å². The molecule has 0 spiro atoms. The number of carbonyl (C=O) groups excluding carboxylic acids is 1. The van der Waals surface area contributed by atoms with Crippen molar-refractivity contribution in [1.29, 1.82) is 0 Å². The predicted molar refractivity (Wildman–Crippen MR) is 130 cm³/mol. The van der Waals surface area contributed by atoms with E-state index in [9.17, 15) is 13.2 Å². The first-order chi connectivity index (χ1) is 15.2. The maximum Gasteiger partial charge on any atom is 0.263 e. The van der Waals surface area contributed by atoms with E-state index in [2.05, 4.69) is 29.3 Å². The molecule has 1 N–H and O–H groups in total. The number of amides is 1. The Morgan fingerprint density at radius 3 is 2.09 bits per heavy atom. The molecule has 0 aromatic heterocycles. The van der Waals surface area contributed by atoms with Crippen LogP contribution in [0.2, 0.25) is 0 Å². The number of benzene rings is 2. The van der Waals surface area contributed by atoms with Crippen LogP contribution in [-0.4, -0.2) is 52.5 Å². The Morgan fingerprint density at radius 2 is 1.59 bits per heavy atom. The van der Waals surface area contributed by atoms with Crippen molar-refractivity contribution in [3.63, 3.8) is 0 Å². The maximum atomic E-state index is 12.6. The summed E-state index contributed by atoms with van der Waals surface area (Å²) in [6.45, 7) is 9.92. The molecule has 174 valence electrons. The number of anilines is 2. The van der Waals surface area contributed by atoms with E-state index in [1.54, 1.807) is 24.3 Å². The fourth-order valence-electron chi connectivity index (χ4n) is 3.29. The molecule has 0 radical (unpaired) electrons. The zero-order valence-electron chi connectivity index (χ0n) is 19.3. The number of ether oxygens (including phenoxy) is 1. The molecule has 32 heavy (non-hydrogen) atoms. The van der Waals surface area contributed by atoms with E-state index in [-0.39, 0.29) is 0 Å². The lowest BCUT2D eigenvalue weighted by Crippen LogP contribution is -2.46. The van der Waals surface area contributed by atoms with E-state index in [1.165, 1.54) is 13.1 Å². The second-order valence-corrected chi connectivity index (χ2v) is 9.02. The van der Waals surface area contributed by atoms with Gasteiger partial charge in [0.1, 0.15) is 11.8 Å². The summed E-state index contributed by atoms with van der Waals surface area (Å²) in [5.41, 5.74) is 4.74. The lowest BCUT2D eigenvalue weighted by atomic mass is 10.2. The molecule has 8 nitrogen and oxygen atoms in total. The van der Waals surface area contributed by atoms with Gasteiger partial charge >= 0.3 is 0 Å². The molecular weight excluding hydrogens is 428 g/mol. The first-order valence-electron chi connectivity index (χ1n) is 10.6. The molecule has 0 aliphatic heterocycles. The molecule has 2 aromatic rings. The van der Waals surface area contributed by atoms with Crippen molar-refractivity contribution >= 4 is 33.5 Å². The van der Waals surface area contributed by atoms with Crippen LogP contribution < -0.4 is 19.4 Å². The summed E-state index contributed by atoms with van der Waals surface area (Å²) >= 11 is 0. The van der Waals surface area contributed by atoms with Crippen LogP contribution in [-0.2, 0) is 14.8 Å². The highest BCUT2D eigenvalue weighted by atomic mass is 32.2. The van der Waals surface area contributed by atoms with Gasteiger partial charge in [-0.3, -0.25) is 9.10 Å². The third-order valence-electron chi connectivity index (χ3n) is 4.90. The first-order valence-corrected chi connectivity index (χ1v) is 12.5. The van der Waals surface area contributed by atoms with Crippen LogP contribution in [0.15, 0.2) is 53.6 Å².